The van der Waals surface area contributed by atoms with E-state index in [1.165, 1.54) is 0 Å². The van der Waals surface area contributed by atoms with Crippen LogP contribution in [0.3, 0.4) is 0 Å². The fourth-order valence-corrected chi connectivity index (χ4v) is 6.10. The molecule has 1 aliphatic heterocycles. The van der Waals surface area contributed by atoms with E-state index < -0.39 is 17.5 Å². The molecule has 2 fully saturated rings. The average Bonchev–Trinajstić information content (AvgIpc) is 3.51. The Morgan fingerprint density at radius 2 is 1.89 bits per heavy atom. The first-order valence-corrected chi connectivity index (χ1v) is 13.4. The zero-order valence-electron chi connectivity index (χ0n) is 22.1. The fourth-order valence-electron chi connectivity index (χ4n) is 6.10. The standard InChI is InChI=1S/C29H35FN4O3/c1-17(2)22-10-9-20(14-24(22)30)11-12-29(21-7-5-6-8-21)16-25(35)23(27(36)37-29)15-26-32-28-31-18(3)13-19(4)34(28)33-26/h9-10,13-14,17,21,23H,5-8,11-12,15-16H2,1-4H3. The van der Waals surface area contributed by atoms with E-state index in [0.717, 1.165) is 42.6 Å². The highest BCUT2D eigenvalue weighted by Gasteiger charge is 2.51. The molecule has 5 rings (SSSR count). The third-order valence-electron chi connectivity index (χ3n) is 8.12. The monoisotopic (exact) mass is 506 g/mol. The van der Waals surface area contributed by atoms with Crippen molar-refractivity contribution in [2.75, 3.05) is 0 Å². The third kappa shape index (κ3) is 5.03. The number of hydrogen-bond donors (Lipinski definition) is 0. The Hall–Kier alpha value is -3.16. The molecule has 3 aromatic rings. The van der Waals surface area contributed by atoms with Gasteiger partial charge in [0, 0.05) is 24.2 Å². The zero-order valence-corrected chi connectivity index (χ0v) is 22.1. The first kappa shape index (κ1) is 25.5. The molecule has 2 aliphatic rings. The first-order valence-electron chi connectivity index (χ1n) is 13.4. The lowest BCUT2D eigenvalue weighted by atomic mass is 9.73. The average molecular weight is 507 g/mol. The predicted molar refractivity (Wildman–Crippen MR) is 137 cm³/mol. The number of Topliss-reactive ketones (excluding diaryl/α,β-unsaturated/α-hetero) is 1. The molecule has 37 heavy (non-hydrogen) atoms. The number of hydrogen-bond acceptors (Lipinski definition) is 6. The number of fused-ring (bicyclic) bond motifs is 1. The summed E-state index contributed by atoms with van der Waals surface area (Å²) in [7, 11) is 0. The molecule has 2 unspecified atom stereocenters. The molecule has 7 nitrogen and oxygen atoms in total. The summed E-state index contributed by atoms with van der Waals surface area (Å²) in [6.07, 6.45) is 5.35. The van der Waals surface area contributed by atoms with E-state index in [4.69, 9.17) is 4.74 Å². The van der Waals surface area contributed by atoms with Gasteiger partial charge < -0.3 is 4.74 Å². The van der Waals surface area contributed by atoms with Gasteiger partial charge in [0.2, 0.25) is 0 Å². The van der Waals surface area contributed by atoms with Crippen LogP contribution in [0.1, 0.15) is 86.6 Å². The number of rotatable bonds is 7. The van der Waals surface area contributed by atoms with Gasteiger partial charge >= 0.3 is 5.97 Å². The lowest BCUT2D eigenvalue weighted by Crippen LogP contribution is -2.52. The van der Waals surface area contributed by atoms with Crippen molar-refractivity contribution in [1.82, 2.24) is 19.6 Å². The van der Waals surface area contributed by atoms with Gasteiger partial charge in [0.1, 0.15) is 17.3 Å². The minimum absolute atomic E-state index is 0.0993. The number of aryl methyl sites for hydroxylation is 3. The Morgan fingerprint density at radius 3 is 2.57 bits per heavy atom. The van der Waals surface area contributed by atoms with Crippen LogP contribution in [0, 0.1) is 31.5 Å². The van der Waals surface area contributed by atoms with Crippen molar-refractivity contribution in [2.24, 2.45) is 11.8 Å². The van der Waals surface area contributed by atoms with Gasteiger partial charge in [-0.05, 0) is 74.6 Å². The number of esters is 1. The molecule has 2 aromatic heterocycles. The Kier molecular flexibility index (Phi) is 6.86. The van der Waals surface area contributed by atoms with Gasteiger partial charge in [-0.2, -0.15) is 4.98 Å². The normalized spacial score (nSPS) is 22.8. The van der Waals surface area contributed by atoms with Gasteiger partial charge in [0.15, 0.2) is 11.6 Å². The van der Waals surface area contributed by atoms with Crippen LogP contribution >= 0.6 is 0 Å². The lowest BCUT2D eigenvalue weighted by molar-refractivity contribution is -0.185. The maximum atomic E-state index is 14.6. The Bertz CT molecular complexity index is 1320. The van der Waals surface area contributed by atoms with Gasteiger partial charge in [-0.15, -0.1) is 5.10 Å². The summed E-state index contributed by atoms with van der Waals surface area (Å²) in [6, 6.07) is 7.28. The van der Waals surface area contributed by atoms with E-state index in [9.17, 15) is 14.0 Å². The van der Waals surface area contributed by atoms with Crippen molar-refractivity contribution in [1.29, 1.82) is 0 Å². The summed E-state index contributed by atoms with van der Waals surface area (Å²) in [5.41, 5.74) is 2.43. The second kappa shape index (κ2) is 9.95. The predicted octanol–water partition coefficient (Wildman–Crippen LogP) is 5.24. The highest BCUT2D eigenvalue weighted by molar-refractivity contribution is 6.01. The molecule has 0 radical (unpaired) electrons. The number of halogens is 1. The van der Waals surface area contributed by atoms with E-state index in [2.05, 4.69) is 15.1 Å². The largest absolute Gasteiger partial charge is 0.458 e. The quantitative estimate of drug-likeness (QED) is 0.322. The van der Waals surface area contributed by atoms with E-state index in [1.807, 2.05) is 45.9 Å². The summed E-state index contributed by atoms with van der Waals surface area (Å²) in [5.74, 6) is -0.627. The second-order valence-electron chi connectivity index (χ2n) is 11.2. The number of ketones is 1. The van der Waals surface area contributed by atoms with Gasteiger partial charge in [-0.25, -0.2) is 13.9 Å². The van der Waals surface area contributed by atoms with Crippen LogP contribution in [0.2, 0.25) is 0 Å². The zero-order chi connectivity index (χ0) is 26.3. The number of ether oxygens (including phenoxy) is 1. The molecule has 1 aliphatic carbocycles. The van der Waals surface area contributed by atoms with Crippen LogP contribution in [0.4, 0.5) is 4.39 Å². The van der Waals surface area contributed by atoms with Gasteiger partial charge in [-0.3, -0.25) is 9.59 Å². The number of cyclic esters (lactones) is 1. The summed E-state index contributed by atoms with van der Waals surface area (Å²) in [4.78, 5) is 35.6. The Balaban J connectivity index is 1.35. The van der Waals surface area contributed by atoms with Crippen LogP contribution < -0.4 is 0 Å². The first-order chi connectivity index (χ1) is 17.6. The maximum absolute atomic E-state index is 14.6. The molecule has 3 heterocycles. The number of nitrogens with zero attached hydrogens (tertiary/aromatic N) is 4. The molecule has 1 saturated carbocycles. The number of aromatic nitrogens is 4. The summed E-state index contributed by atoms with van der Waals surface area (Å²) in [5, 5.41) is 4.48. The molecule has 0 N–H and O–H groups in total. The Morgan fingerprint density at radius 1 is 1.14 bits per heavy atom. The molecule has 0 spiro atoms. The highest BCUT2D eigenvalue weighted by atomic mass is 19.1. The molecule has 2 atom stereocenters. The van der Waals surface area contributed by atoms with E-state index in [0.29, 0.717) is 30.0 Å². The molecule has 1 saturated heterocycles. The van der Waals surface area contributed by atoms with Crippen molar-refractivity contribution in [3.63, 3.8) is 0 Å². The van der Waals surface area contributed by atoms with Crippen LogP contribution in [0.15, 0.2) is 24.3 Å². The van der Waals surface area contributed by atoms with E-state index >= 15 is 0 Å². The smallest absolute Gasteiger partial charge is 0.317 e. The van der Waals surface area contributed by atoms with Gasteiger partial charge in [0.25, 0.3) is 5.78 Å². The van der Waals surface area contributed by atoms with Crippen molar-refractivity contribution < 1.29 is 18.7 Å². The summed E-state index contributed by atoms with van der Waals surface area (Å²) >= 11 is 0. The number of carbonyl (C=O) groups is 2. The number of carbonyl (C=O) groups excluding carboxylic acids is 2. The minimum atomic E-state index is -0.920. The van der Waals surface area contributed by atoms with E-state index in [1.54, 1.807) is 10.6 Å². The summed E-state index contributed by atoms with van der Waals surface area (Å²) in [6.45, 7) is 7.74. The van der Waals surface area contributed by atoms with Crippen molar-refractivity contribution in [2.45, 2.75) is 90.6 Å². The molecule has 8 heteroatoms. The lowest BCUT2D eigenvalue weighted by Gasteiger charge is -2.43. The maximum Gasteiger partial charge on any atom is 0.317 e. The number of benzene rings is 1. The van der Waals surface area contributed by atoms with Crippen molar-refractivity contribution in [3.05, 3.63) is 58.4 Å². The van der Waals surface area contributed by atoms with Crippen LogP contribution in [0.5, 0.6) is 0 Å². The SMILES string of the molecule is Cc1cc(C)n2nc(CC3C(=O)CC(CCc4ccc(C(C)C)c(F)c4)(C4CCCC4)OC3=O)nc2n1. The van der Waals surface area contributed by atoms with E-state index in [-0.39, 0.29) is 36.3 Å². The van der Waals surface area contributed by atoms with Crippen molar-refractivity contribution in [3.8, 4) is 0 Å². The molecule has 196 valence electrons. The third-order valence-corrected chi connectivity index (χ3v) is 8.12. The summed E-state index contributed by atoms with van der Waals surface area (Å²) < 4.78 is 22.5. The van der Waals surface area contributed by atoms with Gasteiger partial charge in [0.05, 0.1) is 0 Å². The second-order valence-corrected chi connectivity index (χ2v) is 11.2. The Labute approximate surface area is 216 Å². The fraction of sp³-hybridized carbons (Fsp3) is 0.552. The molecule has 0 amide bonds. The molecular weight excluding hydrogens is 471 g/mol. The van der Waals surface area contributed by atoms with Crippen LogP contribution in [-0.2, 0) is 27.2 Å². The van der Waals surface area contributed by atoms with Crippen LogP contribution in [0.25, 0.3) is 5.78 Å². The van der Waals surface area contributed by atoms with Crippen LogP contribution in [-0.4, -0.2) is 36.9 Å². The van der Waals surface area contributed by atoms with Gasteiger partial charge in [-0.1, -0.05) is 38.8 Å². The molecular formula is C29H35FN4O3. The topological polar surface area (TPSA) is 86.5 Å². The highest BCUT2D eigenvalue weighted by Crippen LogP contribution is 2.45. The van der Waals surface area contributed by atoms with Crippen molar-refractivity contribution >= 4 is 17.5 Å². The molecule has 0 bridgehead atoms. The molecule has 1 aromatic carbocycles. The minimum Gasteiger partial charge on any atom is -0.458 e.